The van der Waals surface area contributed by atoms with E-state index in [0.29, 0.717) is 12.5 Å². The second-order valence-electron chi connectivity index (χ2n) is 9.76. The summed E-state index contributed by atoms with van der Waals surface area (Å²) in [6.07, 6.45) is 7.45. The molecule has 1 amide bonds. The van der Waals surface area contributed by atoms with Gasteiger partial charge in [-0.15, -0.1) is 0 Å². The van der Waals surface area contributed by atoms with E-state index >= 15 is 0 Å². The number of nitrogens with zero attached hydrogens (tertiary/aromatic N) is 4. The van der Waals surface area contributed by atoms with Gasteiger partial charge in [0.2, 0.25) is 5.91 Å². The third kappa shape index (κ3) is 5.39. The summed E-state index contributed by atoms with van der Waals surface area (Å²) in [5.74, 6) is 1.37. The molecule has 1 aromatic carbocycles. The van der Waals surface area contributed by atoms with Crippen LogP contribution in [0, 0.1) is 0 Å². The topological polar surface area (TPSA) is 48.9 Å². The van der Waals surface area contributed by atoms with Gasteiger partial charge in [-0.05, 0) is 49.8 Å². The summed E-state index contributed by atoms with van der Waals surface area (Å²) in [5.41, 5.74) is 1.19. The second-order valence-corrected chi connectivity index (χ2v) is 9.76. The fraction of sp³-hybridized carbons (Fsp3) is 0.556. The maximum Gasteiger partial charge on any atom is 0.222 e. The lowest BCUT2D eigenvalue weighted by Crippen LogP contribution is -2.57. The van der Waals surface area contributed by atoms with Gasteiger partial charge in [-0.25, -0.2) is 4.98 Å². The van der Waals surface area contributed by atoms with Crippen molar-refractivity contribution in [2.45, 2.75) is 50.2 Å². The van der Waals surface area contributed by atoms with E-state index in [1.807, 2.05) is 30.5 Å². The lowest BCUT2D eigenvalue weighted by atomic mass is 9.81. The van der Waals surface area contributed by atoms with Crippen LogP contribution in [0.25, 0.3) is 0 Å². The Labute approximate surface area is 197 Å². The quantitative estimate of drug-likeness (QED) is 0.702. The van der Waals surface area contributed by atoms with Crippen LogP contribution in [0.1, 0.15) is 37.7 Å². The molecule has 5 rings (SSSR count). The van der Waals surface area contributed by atoms with Crippen molar-refractivity contribution in [3.63, 3.8) is 0 Å². The van der Waals surface area contributed by atoms with Gasteiger partial charge in [0.25, 0.3) is 0 Å². The summed E-state index contributed by atoms with van der Waals surface area (Å²) < 4.78 is 6.39. The summed E-state index contributed by atoms with van der Waals surface area (Å²) in [7, 11) is 0. The molecular formula is C27H36N4O2. The van der Waals surface area contributed by atoms with Crippen molar-refractivity contribution in [2.24, 2.45) is 0 Å². The number of carbonyl (C=O) groups is 1. The van der Waals surface area contributed by atoms with E-state index in [2.05, 4.69) is 43.9 Å². The molecule has 1 aromatic heterocycles. The minimum absolute atomic E-state index is 0.0444. The first-order valence-corrected chi connectivity index (χ1v) is 12.6. The predicted octanol–water partition coefficient (Wildman–Crippen LogP) is 3.38. The molecule has 3 fully saturated rings. The largest absolute Gasteiger partial charge is 0.375 e. The molecule has 0 N–H and O–H groups in total. The molecule has 2 aromatic rings. The van der Waals surface area contributed by atoms with E-state index in [4.69, 9.17) is 4.74 Å². The van der Waals surface area contributed by atoms with Crippen LogP contribution in [0.5, 0.6) is 0 Å². The Bertz CT molecular complexity index is 891. The minimum atomic E-state index is -0.0444. The average Bonchev–Trinajstić information content (AvgIpc) is 2.89. The molecule has 6 heteroatoms. The van der Waals surface area contributed by atoms with Gasteiger partial charge in [0.1, 0.15) is 5.82 Å². The highest BCUT2D eigenvalue weighted by atomic mass is 16.5. The SMILES string of the molecule is O=C(CCc1ccccc1)N1CCC2(CC1)CC(N1CCN(c3ccccn3)CC1)CCO2. The maximum absolute atomic E-state index is 12.8. The van der Waals surface area contributed by atoms with Crippen LogP contribution in [0.15, 0.2) is 54.7 Å². The fourth-order valence-corrected chi connectivity index (χ4v) is 5.74. The van der Waals surface area contributed by atoms with Crippen molar-refractivity contribution >= 4 is 11.7 Å². The molecule has 1 unspecified atom stereocenters. The highest BCUT2D eigenvalue weighted by Crippen LogP contribution is 2.37. The van der Waals surface area contributed by atoms with Crippen LogP contribution in [-0.4, -0.2) is 78.2 Å². The van der Waals surface area contributed by atoms with Crippen LogP contribution in [0.2, 0.25) is 0 Å². The second kappa shape index (κ2) is 10.2. The van der Waals surface area contributed by atoms with E-state index in [9.17, 15) is 4.79 Å². The Kier molecular flexibility index (Phi) is 6.93. The number of piperazine rings is 1. The molecule has 0 saturated carbocycles. The molecule has 33 heavy (non-hydrogen) atoms. The molecule has 0 radical (unpaired) electrons. The molecular weight excluding hydrogens is 412 g/mol. The van der Waals surface area contributed by atoms with E-state index in [1.54, 1.807) is 0 Å². The van der Waals surface area contributed by atoms with Crippen molar-refractivity contribution < 1.29 is 9.53 Å². The number of likely N-dealkylation sites (tertiary alicyclic amines) is 1. The number of aromatic nitrogens is 1. The van der Waals surface area contributed by atoms with Gasteiger partial charge < -0.3 is 14.5 Å². The highest BCUT2D eigenvalue weighted by Gasteiger charge is 2.42. The van der Waals surface area contributed by atoms with Crippen molar-refractivity contribution in [2.75, 3.05) is 50.8 Å². The highest BCUT2D eigenvalue weighted by molar-refractivity contribution is 5.76. The molecule has 6 nitrogen and oxygen atoms in total. The zero-order valence-electron chi connectivity index (χ0n) is 19.6. The Morgan fingerprint density at radius 3 is 2.45 bits per heavy atom. The molecule has 3 aliphatic heterocycles. The lowest BCUT2D eigenvalue weighted by molar-refractivity contribution is -0.149. The Morgan fingerprint density at radius 1 is 0.970 bits per heavy atom. The summed E-state index contributed by atoms with van der Waals surface area (Å²) in [6, 6.07) is 17.0. The van der Waals surface area contributed by atoms with Crippen LogP contribution in [0.3, 0.4) is 0 Å². The first-order valence-electron chi connectivity index (χ1n) is 12.6. The van der Waals surface area contributed by atoms with Gasteiger partial charge >= 0.3 is 0 Å². The monoisotopic (exact) mass is 448 g/mol. The summed E-state index contributed by atoms with van der Waals surface area (Å²) in [6.45, 7) is 6.73. The van der Waals surface area contributed by atoms with E-state index in [0.717, 1.165) is 83.8 Å². The average molecular weight is 449 g/mol. The molecule has 176 valence electrons. The van der Waals surface area contributed by atoms with Gasteiger partial charge in [0, 0.05) is 64.5 Å². The number of anilines is 1. The standard InChI is InChI=1S/C27H36N4O2/c32-26(10-9-23-6-2-1-3-7-23)31-15-12-27(13-16-31)22-24(11-21-33-27)29-17-19-30(20-18-29)25-8-4-5-14-28-25/h1-8,14,24H,9-13,15-22H2. The fourth-order valence-electron chi connectivity index (χ4n) is 5.74. The molecule has 0 bridgehead atoms. The number of hydrogen-bond acceptors (Lipinski definition) is 5. The van der Waals surface area contributed by atoms with Crippen molar-refractivity contribution in [1.29, 1.82) is 0 Å². The van der Waals surface area contributed by atoms with Gasteiger partial charge in [0.05, 0.1) is 5.60 Å². The molecule has 3 saturated heterocycles. The number of ether oxygens (including phenoxy) is 1. The molecule has 1 spiro atoms. The number of aryl methyl sites for hydroxylation is 1. The zero-order valence-corrected chi connectivity index (χ0v) is 19.6. The summed E-state index contributed by atoms with van der Waals surface area (Å²) in [4.78, 5) is 24.4. The van der Waals surface area contributed by atoms with E-state index in [1.165, 1.54) is 5.56 Å². The first-order chi connectivity index (χ1) is 16.2. The van der Waals surface area contributed by atoms with Crippen molar-refractivity contribution in [1.82, 2.24) is 14.8 Å². The molecule has 0 aliphatic carbocycles. The van der Waals surface area contributed by atoms with Gasteiger partial charge in [-0.1, -0.05) is 36.4 Å². The predicted molar refractivity (Wildman–Crippen MR) is 130 cm³/mol. The van der Waals surface area contributed by atoms with Crippen LogP contribution in [-0.2, 0) is 16.0 Å². The number of benzene rings is 1. The Morgan fingerprint density at radius 2 is 1.73 bits per heavy atom. The summed E-state index contributed by atoms with van der Waals surface area (Å²) >= 11 is 0. The van der Waals surface area contributed by atoms with Crippen LogP contribution in [0.4, 0.5) is 5.82 Å². The van der Waals surface area contributed by atoms with Crippen molar-refractivity contribution in [3.8, 4) is 0 Å². The molecule has 3 aliphatic rings. The summed E-state index contributed by atoms with van der Waals surface area (Å²) in [5, 5.41) is 0. The Balaban J connectivity index is 1.10. The van der Waals surface area contributed by atoms with E-state index in [-0.39, 0.29) is 11.5 Å². The third-order valence-electron chi connectivity index (χ3n) is 7.77. The number of rotatable bonds is 5. The number of hydrogen-bond donors (Lipinski definition) is 0. The van der Waals surface area contributed by atoms with Gasteiger partial charge in [0.15, 0.2) is 0 Å². The van der Waals surface area contributed by atoms with Gasteiger partial charge in [-0.3, -0.25) is 9.69 Å². The van der Waals surface area contributed by atoms with Crippen LogP contribution < -0.4 is 4.90 Å². The number of amides is 1. The minimum Gasteiger partial charge on any atom is -0.375 e. The Hall–Kier alpha value is -2.44. The van der Waals surface area contributed by atoms with Crippen molar-refractivity contribution in [3.05, 3.63) is 60.3 Å². The number of piperidine rings is 1. The van der Waals surface area contributed by atoms with Gasteiger partial charge in [-0.2, -0.15) is 0 Å². The number of pyridine rings is 1. The van der Waals surface area contributed by atoms with E-state index < -0.39 is 0 Å². The normalized spacial score (nSPS) is 23.6. The molecule has 1 atom stereocenters. The zero-order chi connectivity index (χ0) is 22.5. The maximum atomic E-state index is 12.8. The lowest BCUT2D eigenvalue weighted by Gasteiger charge is -2.49. The first kappa shape index (κ1) is 22.4. The smallest absolute Gasteiger partial charge is 0.222 e. The number of carbonyl (C=O) groups excluding carboxylic acids is 1. The molecule has 4 heterocycles. The van der Waals surface area contributed by atoms with Crippen LogP contribution >= 0.6 is 0 Å². The third-order valence-corrected chi connectivity index (χ3v) is 7.77.